The van der Waals surface area contributed by atoms with Crippen LogP contribution >= 0.6 is 11.3 Å². The fraction of sp³-hybridized carbons (Fsp3) is 0.188. The van der Waals surface area contributed by atoms with Gasteiger partial charge in [0.15, 0.2) is 0 Å². The number of anilines is 1. The van der Waals surface area contributed by atoms with Gasteiger partial charge in [-0.3, -0.25) is 9.40 Å². The Hall–Kier alpha value is -2.12. The van der Waals surface area contributed by atoms with Crippen molar-refractivity contribution in [2.75, 3.05) is 4.72 Å². The number of sulfonamides is 1. The molecule has 0 saturated carbocycles. The van der Waals surface area contributed by atoms with Gasteiger partial charge < -0.3 is 0 Å². The van der Waals surface area contributed by atoms with Gasteiger partial charge in [0.05, 0.1) is 11.4 Å². The smallest absolute Gasteiger partial charge is 0.271 e. The second-order valence-corrected chi connectivity index (χ2v) is 8.17. The molecule has 0 bridgehead atoms. The summed E-state index contributed by atoms with van der Waals surface area (Å²) in [5.74, 6) is 0. The topological polar surface area (TPSA) is 64.0 Å². The van der Waals surface area contributed by atoms with Crippen molar-refractivity contribution in [1.29, 1.82) is 0 Å². The lowest BCUT2D eigenvalue weighted by atomic mass is 10.1. The number of thiophene rings is 1. The van der Waals surface area contributed by atoms with Crippen LogP contribution in [0.25, 0.3) is 11.3 Å². The molecule has 5 nitrogen and oxygen atoms in total. The zero-order valence-corrected chi connectivity index (χ0v) is 14.7. The highest BCUT2D eigenvalue weighted by Gasteiger charge is 2.19. The number of aromatic nitrogens is 2. The lowest BCUT2D eigenvalue weighted by molar-refractivity contribution is 0.603. The van der Waals surface area contributed by atoms with Gasteiger partial charge in [-0.05, 0) is 43.2 Å². The summed E-state index contributed by atoms with van der Waals surface area (Å²) in [5.41, 5.74) is 4.32. The number of nitrogens with zero attached hydrogens (tertiary/aromatic N) is 2. The van der Waals surface area contributed by atoms with Gasteiger partial charge in [-0.1, -0.05) is 12.1 Å². The molecule has 7 heteroatoms. The summed E-state index contributed by atoms with van der Waals surface area (Å²) in [6, 6.07) is 9.11. The monoisotopic (exact) mass is 347 g/mol. The zero-order chi connectivity index (χ0) is 16.6. The lowest BCUT2D eigenvalue weighted by Crippen LogP contribution is -2.12. The van der Waals surface area contributed by atoms with E-state index >= 15 is 0 Å². The molecule has 0 atom stereocenters. The van der Waals surface area contributed by atoms with Crippen LogP contribution in [0.15, 0.2) is 46.1 Å². The first-order valence-corrected chi connectivity index (χ1v) is 9.41. The van der Waals surface area contributed by atoms with Crippen LogP contribution in [0.3, 0.4) is 0 Å². The van der Waals surface area contributed by atoms with E-state index < -0.39 is 10.0 Å². The molecule has 0 aliphatic carbocycles. The Morgan fingerprint density at radius 3 is 2.70 bits per heavy atom. The third-order valence-corrected chi connectivity index (χ3v) is 6.61. The van der Waals surface area contributed by atoms with Gasteiger partial charge in [0.2, 0.25) is 0 Å². The molecule has 0 unspecified atom stereocenters. The molecule has 0 aliphatic heterocycles. The Bertz CT molecular complexity index is 955. The van der Waals surface area contributed by atoms with Gasteiger partial charge in [0.25, 0.3) is 10.0 Å². The summed E-state index contributed by atoms with van der Waals surface area (Å²) in [7, 11) is -1.77. The largest absolute Gasteiger partial charge is 0.279 e. The molecule has 0 spiro atoms. The molecule has 2 heterocycles. The molecule has 0 radical (unpaired) electrons. The number of aryl methyl sites for hydroxylation is 2. The third-order valence-electron chi connectivity index (χ3n) is 3.81. The van der Waals surface area contributed by atoms with Gasteiger partial charge in [0.1, 0.15) is 4.21 Å². The predicted octanol–water partition coefficient (Wildman–Crippen LogP) is 3.57. The van der Waals surface area contributed by atoms with E-state index in [9.17, 15) is 8.42 Å². The van der Waals surface area contributed by atoms with E-state index in [2.05, 4.69) is 9.82 Å². The highest BCUT2D eigenvalue weighted by atomic mass is 32.2. The summed E-state index contributed by atoms with van der Waals surface area (Å²) in [5, 5.41) is 5.94. The Labute approximate surface area is 139 Å². The molecule has 1 aromatic carbocycles. The SMILES string of the molecule is Cc1cccc(NS(=O)(=O)c2cc(-c3ccnn3C)cs2)c1C. The molecular formula is C16H17N3O2S2. The van der Waals surface area contributed by atoms with Crippen molar-refractivity contribution in [1.82, 2.24) is 9.78 Å². The first kappa shape index (κ1) is 15.8. The van der Waals surface area contributed by atoms with E-state index in [1.165, 1.54) is 11.3 Å². The van der Waals surface area contributed by atoms with Crippen molar-refractivity contribution in [3.05, 3.63) is 53.0 Å². The number of hydrogen-bond acceptors (Lipinski definition) is 4. The van der Waals surface area contributed by atoms with Crippen molar-refractivity contribution < 1.29 is 8.42 Å². The molecule has 2 aromatic heterocycles. The number of hydrogen-bond donors (Lipinski definition) is 1. The zero-order valence-electron chi connectivity index (χ0n) is 13.1. The van der Waals surface area contributed by atoms with Crippen molar-refractivity contribution in [2.24, 2.45) is 7.05 Å². The quantitative estimate of drug-likeness (QED) is 0.785. The van der Waals surface area contributed by atoms with Gasteiger partial charge in [-0.25, -0.2) is 8.42 Å². The van der Waals surface area contributed by atoms with Gasteiger partial charge in [0, 0.05) is 24.2 Å². The summed E-state index contributed by atoms with van der Waals surface area (Å²) in [6.45, 7) is 3.86. The fourth-order valence-electron chi connectivity index (χ4n) is 2.31. The second kappa shape index (κ2) is 5.82. The second-order valence-electron chi connectivity index (χ2n) is 5.35. The average molecular weight is 347 g/mol. The summed E-state index contributed by atoms with van der Waals surface area (Å²) in [4.78, 5) is 0. The molecular weight excluding hydrogens is 330 g/mol. The third kappa shape index (κ3) is 3.02. The first-order chi connectivity index (χ1) is 10.9. The average Bonchev–Trinajstić information content (AvgIpc) is 3.12. The maximum absolute atomic E-state index is 12.6. The van der Waals surface area contributed by atoms with Crippen molar-refractivity contribution in [3.8, 4) is 11.3 Å². The fourth-order valence-corrected chi connectivity index (χ4v) is 4.60. The number of nitrogens with one attached hydrogen (secondary N) is 1. The highest BCUT2D eigenvalue weighted by molar-refractivity contribution is 7.94. The van der Waals surface area contributed by atoms with Gasteiger partial charge in [-0.15, -0.1) is 11.3 Å². The molecule has 3 rings (SSSR count). The molecule has 0 saturated heterocycles. The Morgan fingerprint density at radius 2 is 2.00 bits per heavy atom. The van der Waals surface area contributed by atoms with E-state index in [0.717, 1.165) is 22.4 Å². The summed E-state index contributed by atoms with van der Waals surface area (Å²) in [6.07, 6.45) is 1.69. The van der Waals surface area contributed by atoms with E-state index in [1.807, 2.05) is 44.5 Å². The molecule has 3 aromatic rings. The normalized spacial score (nSPS) is 11.6. The van der Waals surface area contributed by atoms with Crippen LogP contribution in [0.1, 0.15) is 11.1 Å². The van der Waals surface area contributed by atoms with Crippen LogP contribution < -0.4 is 4.72 Å². The molecule has 0 amide bonds. The Kier molecular flexibility index (Phi) is 3.99. The van der Waals surface area contributed by atoms with E-state index in [-0.39, 0.29) is 4.21 Å². The maximum atomic E-state index is 12.6. The van der Waals surface area contributed by atoms with Crippen LogP contribution in [0, 0.1) is 13.8 Å². The van der Waals surface area contributed by atoms with E-state index in [4.69, 9.17) is 0 Å². The number of benzene rings is 1. The molecule has 0 fully saturated rings. The summed E-state index contributed by atoms with van der Waals surface area (Å²) >= 11 is 1.20. The molecule has 0 aliphatic rings. The van der Waals surface area contributed by atoms with E-state index in [1.54, 1.807) is 23.0 Å². The maximum Gasteiger partial charge on any atom is 0.271 e. The van der Waals surface area contributed by atoms with Crippen LogP contribution in [0.2, 0.25) is 0 Å². The lowest BCUT2D eigenvalue weighted by Gasteiger charge is -2.10. The number of rotatable bonds is 4. The summed E-state index contributed by atoms with van der Waals surface area (Å²) < 4.78 is 29.9. The minimum atomic E-state index is -3.60. The van der Waals surface area contributed by atoms with Crippen LogP contribution in [0.5, 0.6) is 0 Å². The standard InChI is InChI=1S/C16H17N3O2S2/c1-11-5-4-6-14(12(11)2)18-23(20,21)16-9-13(10-22-16)15-7-8-17-19(15)3/h4-10,18H,1-3H3. The van der Waals surface area contributed by atoms with Gasteiger partial charge >= 0.3 is 0 Å². The minimum absolute atomic E-state index is 0.287. The van der Waals surface area contributed by atoms with Crippen molar-refractivity contribution in [2.45, 2.75) is 18.1 Å². The molecule has 23 heavy (non-hydrogen) atoms. The van der Waals surface area contributed by atoms with Crippen molar-refractivity contribution in [3.63, 3.8) is 0 Å². The van der Waals surface area contributed by atoms with Crippen LogP contribution in [-0.4, -0.2) is 18.2 Å². The first-order valence-electron chi connectivity index (χ1n) is 7.04. The van der Waals surface area contributed by atoms with Crippen LogP contribution in [-0.2, 0) is 17.1 Å². The van der Waals surface area contributed by atoms with E-state index in [0.29, 0.717) is 5.69 Å². The Balaban J connectivity index is 1.93. The Morgan fingerprint density at radius 1 is 1.22 bits per heavy atom. The molecule has 1 N–H and O–H groups in total. The van der Waals surface area contributed by atoms with Gasteiger partial charge in [-0.2, -0.15) is 5.10 Å². The predicted molar refractivity (Wildman–Crippen MR) is 93.2 cm³/mol. The minimum Gasteiger partial charge on any atom is -0.279 e. The van der Waals surface area contributed by atoms with Crippen LogP contribution in [0.4, 0.5) is 5.69 Å². The molecule has 120 valence electrons. The highest BCUT2D eigenvalue weighted by Crippen LogP contribution is 2.30. The van der Waals surface area contributed by atoms with Crippen molar-refractivity contribution >= 4 is 27.0 Å².